The molecule has 2 aliphatic carbocycles. The van der Waals surface area contributed by atoms with Crippen LogP contribution in [0.2, 0.25) is 0 Å². The quantitative estimate of drug-likeness (QED) is 0.361. The van der Waals surface area contributed by atoms with E-state index in [0.717, 1.165) is 43.4 Å². The van der Waals surface area contributed by atoms with Crippen molar-refractivity contribution in [3.63, 3.8) is 0 Å². The largest absolute Gasteiger partial charge is 0.204 e. The SMILES string of the molecule is C=CCC1CCC(CCC2CCC(c3cc(F)c(F)c(F)c3)CC2)CC1. The van der Waals surface area contributed by atoms with Crippen LogP contribution in [0, 0.1) is 35.2 Å². The Hall–Kier alpha value is -1.25. The molecule has 3 rings (SSSR count). The predicted octanol–water partition coefficient (Wildman–Crippen LogP) is 7.54. The molecule has 144 valence electrons. The number of allylic oxidation sites excluding steroid dienone is 1. The maximum Gasteiger partial charge on any atom is 0.194 e. The topological polar surface area (TPSA) is 0 Å². The third-order valence-corrected chi connectivity index (χ3v) is 6.77. The summed E-state index contributed by atoms with van der Waals surface area (Å²) in [6, 6.07) is 2.37. The first-order valence-electron chi connectivity index (χ1n) is 10.3. The summed E-state index contributed by atoms with van der Waals surface area (Å²) in [5.74, 6) is -0.823. The van der Waals surface area contributed by atoms with Crippen molar-refractivity contribution >= 4 is 0 Å². The van der Waals surface area contributed by atoms with E-state index in [4.69, 9.17) is 0 Å². The Morgan fingerprint density at radius 1 is 0.769 bits per heavy atom. The van der Waals surface area contributed by atoms with Gasteiger partial charge in [-0.25, -0.2) is 13.2 Å². The third kappa shape index (κ3) is 4.92. The summed E-state index contributed by atoms with van der Waals surface area (Å²) in [6.07, 6.45) is 15.4. The van der Waals surface area contributed by atoms with E-state index in [9.17, 15) is 13.2 Å². The zero-order valence-corrected chi connectivity index (χ0v) is 15.7. The fourth-order valence-electron chi connectivity index (χ4n) is 5.06. The van der Waals surface area contributed by atoms with Gasteiger partial charge in [-0.15, -0.1) is 6.58 Å². The van der Waals surface area contributed by atoms with E-state index < -0.39 is 17.5 Å². The fraction of sp³-hybridized carbons (Fsp3) is 0.652. The lowest BCUT2D eigenvalue weighted by Crippen LogP contribution is -2.17. The lowest BCUT2D eigenvalue weighted by Gasteiger charge is -2.32. The standard InChI is InChI=1S/C23H31F3/c1-2-3-16-4-6-17(7-5-16)8-9-18-10-12-19(13-11-18)20-14-21(24)23(26)22(25)15-20/h2,14-19H,1,3-13H2. The van der Waals surface area contributed by atoms with Crippen LogP contribution in [-0.2, 0) is 0 Å². The molecule has 2 aliphatic rings. The average molecular weight is 364 g/mol. The van der Waals surface area contributed by atoms with Crippen LogP contribution in [-0.4, -0.2) is 0 Å². The van der Waals surface area contributed by atoms with E-state index in [1.54, 1.807) is 0 Å². The summed E-state index contributed by atoms with van der Waals surface area (Å²) in [7, 11) is 0. The van der Waals surface area contributed by atoms with Gasteiger partial charge in [-0.3, -0.25) is 0 Å². The number of halogens is 3. The minimum Gasteiger partial charge on any atom is -0.204 e. The summed E-state index contributed by atoms with van der Waals surface area (Å²) in [5, 5.41) is 0. The fourth-order valence-corrected chi connectivity index (χ4v) is 5.06. The molecule has 0 amide bonds. The van der Waals surface area contributed by atoms with Gasteiger partial charge in [0, 0.05) is 0 Å². The smallest absolute Gasteiger partial charge is 0.194 e. The van der Waals surface area contributed by atoms with Gasteiger partial charge in [0.2, 0.25) is 0 Å². The highest BCUT2D eigenvalue weighted by Gasteiger charge is 2.26. The van der Waals surface area contributed by atoms with E-state index in [0.29, 0.717) is 5.56 Å². The van der Waals surface area contributed by atoms with Crippen molar-refractivity contribution in [3.8, 4) is 0 Å². The molecule has 0 aliphatic heterocycles. The maximum absolute atomic E-state index is 13.5. The molecule has 0 nitrogen and oxygen atoms in total. The molecule has 2 saturated carbocycles. The van der Waals surface area contributed by atoms with Gasteiger partial charge in [0.25, 0.3) is 0 Å². The second-order valence-electron chi connectivity index (χ2n) is 8.50. The normalized spacial score (nSPS) is 29.5. The molecule has 0 unspecified atom stereocenters. The first-order chi connectivity index (χ1) is 12.6. The molecule has 3 heteroatoms. The number of hydrogen-bond acceptors (Lipinski definition) is 0. The Morgan fingerprint density at radius 3 is 1.73 bits per heavy atom. The van der Waals surface area contributed by atoms with Crippen LogP contribution in [0.4, 0.5) is 13.2 Å². The van der Waals surface area contributed by atoms with Crippen LogP contribution >= 0.6 is 0 Å². The number of rotatable bonds is 6. The van der Waals surface area contributed by atoms with Crippen LogP contribution in [0.15, 0.2) is 24.8 Å². The van der Waals surface area contributed by atoms with E-state index >= 15 is 0 Å². The number of hydrogen-bond donors (Lipinski definition) is 0. The Bertz CT molecular complexity index is 570. The van der Waals surface area contributed by atoms with E-state index in [2.05, 4.69) is 12.7 Å². The first kappa shape index (κ1) is 19.5. The summed E-state index contributed by atoms with van der Waals surface area (Å²) >= 11 is 0. The summed E-state index contributed by atoms with van der Waals surface area (Å²) in [4.78, 5) is 0. The number of benzene rings is 1. The average Bonchev–Trinajstić information content (AvgIpc) is 2.66. The maximum atomic E-state index is 13.5. The highest BCUT2D eigenvalue weighted by atomic mass is 19.2. The molecule has 0 N–H and O–H groups in total. The van der Waals surface area contributed by atoms with Crippen molar-refractivity contribution in [1.29, 1.82) is 0 Å². The Morgan fingerprint density at radius 2 is 1.23 bits per heavy atom. The molecule has 0 atom stereocenters. The molecule has 0 saturated heterocycles. The van der Waals surface area contributed by atoms with Gasteiger partial charge >= 0.3 is 0 Å². The Kier molecular flexibility index (Phi) is 6.83. The second-order valence-corrected chi connectivity index (χ2v) is 8.50. The molecule has 2 fully saturated rings. The van der Waals surface area contributed by atoms with Crippen molar-refractivity contribution in [2.45, 2.75) is 76.5 Å². The van der Waals surface area contributed by atoms with E-state index in [-0.39, 0.29) is 5.92 Å². The van der Waals surface area contributed by atoms with Gasteiger partial charge in [-0.1, -0.05) is 31.8 Å². The van der Waals surface area contributed by atoms with E-state index in [1.165, 1.54) is 57.1 Å². The molecule has 0 spiro atoms. The molecule has 0 heterocycles. The van der Waals surface area contributed by atoms with Gasteiger partial charge in [-0.05, 0) is 86.3 Å². The van der Waals surface area contributed by atoms with Gasteiger partial charge in [0.15, 0.2) is 17.5 Å². The summed E-state index contributed by atoms with van der Waals surface area (Å²) in [5.41, 5.74) is 0.625. The Labute approximate surface area is 155 Å². The van der Waals surface area contributed by atoms with Crippen LogP contribution in [0.1, 0.15) is 82.1 Å². The summed E-state index contributed by atoms with van der Waals surface area (Å²) in [6.45, 7) is 3.85. The van der Waals surface area contributed by atoms with Crippen molar-refractivity contribution in [3.05, 3.63) is 47.8 Å². The van der Waals surface area contributed by atoms with Gasteiger partial charge < -0.3 is 0 Å². The molecule has 0 radical (unpaired) electrons. The minimum absolute atomic E-state index is 0.171. The van der Waals surface area contributed by atoms with Gasteiger partial charge in [-0.2, -0.15) is 0 Å². The highest BCUT2D eigenvalue weighted by molar-refractivity contribution is 5.23. The van der Waals surface area contributed by atoms with Crippen LogP contribution in [0.3, 0.4) is 0 Å². The van der Waals surface area contributed by atoms with Crippen molar-refractivity contribution in [2.75, 3.05) is 0 Å². The third-order valence-electron chi connectivity index (χ3n) is 6.77. The molecule has 1 aromatic rings. The predicted molar refractivity (Wildman–Crippen MR) is 101 cm³/mol. The van der Waals surface area contributed by atoms with Crippen molar-refractivity contribution in [2.24, 2.45) is 17.8 Å². The lowest BCUT2D eigenvalue weighted by molar-refractivity contribution is 0.231. The lowest BCUT2D eigenvalue weighted by atomic mass is 9.74. The molecule has 26 heavy (non-hydrogen) atoms. The molecule has 0 bridgehead atoms. The Balaban J connectivity index is 1.41. The van der Waals surface area contributed by atoms with Crippen LogP contribution in [0.5, 0.6) is 0 Å². The van der Waals surface area contributed by atoms with Crippen LogP contribution in [0.25, 0.3) is 0 Å². The van der Waals surface area contributed by atoms with Gasteiger partial charge in [0.1, 0.15) is 0 Å². The highest BCUT2D eigenvalue weighted by Crippen LogP contribution is 2.40. The second kappa shape index (κ2) is 9.10. The molecule has 1 aromatic carbocycles. The summed E-state index contributed by atoms with van der Waals surface area (Å²) < 4.78 is 40.0. The van der Waals surface area contributed by atoms with Gasteiger partial charge in [0.05, 0.1) is 0 Å². The van der Waals surface area contributed by atoms with E-state index in [1.807, 2.05) is 0 Å². The minimum atomic E-state index is -1.36. The van der Waals surface area contributed by atoms with Crippen molar-refractivity contribution in [1.82, 2.24) is 0 Å². The zero-order valence-electron chi connectivity index (χ0n) is 15.7. The molecular formula is C23H31F3. The first-order valence-corrected chi connectivity index (χ1v) is 10.3. The molecular weight excluding hydrogens is 333 g/mol. The molecule has 0 aromatic heterocycles. The monoisotopic (exact) mass is 364 g/mol. The van der Waals surface area contributed by atoms with Crippen LogP contribution < -0.4 is 0 Å². The zero-order chi connectivity index (χ0) is 18.5. The van der Waals surface area contributed by atoms with Crippen molar-refractivity contribution < 1.29 is 13.2 Å².